The molecule has 0 saturated heterocycles. The average molecular weight is 606 g/mol. The first-order valence-corrected chi connectivity index (χ1v) is 14.5. The Kier molecular flexibility index (Phi) is 8.38. The van der Waals surface area contributed by atoms with Gasteiger partial charge in [0.2, 0.25) is 0 Å². The van der Waals surface area contributed by atoms with Gasteiger partial charge in [-0.05, 0) is 51.1 Å². The van der Waals surface area contributed by atoms with E-state index in [1.165, 1.54) is 0 Å². The fraction of sp³-hybridized carbons (Fsp3) is 0.296. The van der Waals surface area contributed by atoms with Crippen LogP contribution in [0.1, 0.15) is 20.8 Å². The fourth-order valence-electron chi connectivity index (χ4n) is 4.33. The Bertz CT molecular complexity index is 1670. The quantitative estimate of drug-likeness (QED) is 0.0517. The Balaban J connectivity index is 0.000000587. The van der Waals surface area contributed by atoms with E-state index < -0.39 is 19.4 Å². The molecule has 0 atom stereocenters. The Labute approximate surface area is 231 Å². The summed E-state index contributed by atoms with van der Waals surface area (Å²) >= 11 is 0. The third-order valence-corrected chi connectivity index (χ3v) is 6.09. The predicted octanol–water partition coefficient (Wildman–Crippen LogP) is 7.59. The molecular formula is C27H30F6N3O4P. The number of fused-ring (bicyclic) bond motifs is 2. The van der Waals surface area contributed by atoms with Crippen LogP contribution in [0.2, 0.25) is 0 Å². The summed E-state index contributed by atoms with van der Waals surface area (Å²) in [6.07, 6.45) is 0. The fourth-order valence-corrected chi connectivity index (χ4v) is 4.33. The van der Waals surface area contributed by atoms with Gasteiger partial charge < -0.3 is 14.1 Å². The SMILES string of the molecule is C=C(C)C(=O)OCCn1c(-c2cc3ccc(N(CC)CC)cc3oc2=O)[n+](C)c2ccccc21.F[P-](F)(F)(F)(F)F. The van der Waals surface area contributed by atoms with Crippen molar-refractivity contribution in [3.8, 4) is 11.4 Å². The molecule has 0 aliphatic rings. The molecule has 0 fully saturated rings. The zero-order valence-electron chi connectivity index (χ0n) is 22.8. The number of hydrogen-bond donors (Lipinski definition) is 0. The molecule has 41 heavy (non-hydrogen) atoms. The number of ether oxygens (including phenoxy) is 1. The van der Waals surface area contributed by atoms with E-state index in [4.69, 9.17) is 9.15 Å². The third-order valence-electron chi connectivity index (χ3n) is 6.09. The number of imidazole rings is 1. The molecule has 0 amide bonds. The second-order valence-corrected chi connectivity index (χ2v) is 11.2. The van der Waals surface area contributed by atoms with Crippen molar-refractivity contribution in [3.63, 3.8) is 0 Å². The van der Waals surface area contributed by atoms with Crippen LogP contribution in [-0.4, -0.2) is 30.2 Å². The van der Waals surface area contributed by atoms with Gasteiger partial charge in [-0.1, -0.05) is 18.7 Å². The number of esters is 1. The first-order chi connectivity index (χ1) is 18.8. The molecule has 2 heterocycles. The Morgan fingerprint density at radius 2 is 1.66 bits per heavy atom. The van der Waals surface area contributed by atoms with Crippen LogP contribution in [-0.2, 0) is 23.1 Å². The number of para-hydroxylation sites is 2. The number of halogens is 6. The number of benzene rings is 2. The molecule has 0 radical (unpaired) electrons. The normalized spacial score (nSPS) is 13.2. The number of hydrogen-bond acceptors (Lipinski definition) is 5. The zero-order valence-corrected chi connectivity index (χ0v) is 23.7. The number of aryl methyl sites for hydroxylation is 1. The predicted molar refractivity (Wildman–Crippen MR) is 147 cm³/mol. The van der Waals surface area contributed by atoms with Crippen molar-refractivity contribution in [3.05, 3.63) is 71.1 Å². The van der Waals surface area contributed by atoms with E-state index in [9.17, 15) is 34.8 Å². The summed E-state index contributed by atoms with van der Waals surface area (Å²) in [7, 11) is -8.74. The van der Waals surface area contributed by atoms with Gasteiger partial charge in [-0.15, -0.1) is 0 Å². The van der Waals surface area contributed by atoms with Gasteiger partial charge in [0.25, 0.3) is 5.82 Å². The van der Waals surface area contributed by atoms with E-state index in [-0.39, 0.29) is 6.61 Å². The number of anilines is 1. The molecule has 7 nitrogen and oxygen atoms in total. The molecule has 0 saturated carbocycles. The first kappa shape index (κ1) is 31.7. The van der Waals surface area contributed by atoms with Gasteiger partial charge in [-0.3, -0.25) is 0 Å². The van der Waals surface area contributed by atoms with E-state index in [1.807, 2.05) is 64.7 Å². The second-order valence-electron chi connectivity index (χ2n) is 9.24. The summed E-state index contributed by atoms with van der Waals surface area (Å²) < 4.78 is 74.3. The minimum atomic E-state index is -10.7. The van der Waals surface area contributed by atoms with Crippen LogP contribution in [0.4, 0.5) is 30.9 Å². The minimum absolute atomic E-state index is 0.156. The monoisotopic (exact) mass is 605 g/mol. The van der Waals surface area contributed by atoms with Crippen LogP contribution >= 0.6 is 7.81 Å². The molecule has 0 unspecified atom stereocenters. The number of rotatable bonds is 8. The molecule has 4 aromatic rings. The van der Waals surface area contributed by atoms with Gasteiger partial charge in [-0.25, -0.2) is 18.7 Å². The summed E-state index contributed by atoms with van der Waals surface area (Å²) in [6, 6.07) is 15.7. The summed E-state index contributed by atoms with van der Waals surface area (Å²) in [5, 5.41) is 0.844. The van der Waals surface area contributed by atoms with Gasteiger partial charge in [0.1, 0.15) is 18.7 Å². The summed E-state index contributed by atoms with van der Waals surface area (Å²) in [5.41, 5.74) is 3.85. The van der Waals surface area contributed by atoms with Crippen LogP contribution in [0.3, 0.4) is 0 Å². The van der Waals surface area contributed by atoms with Crippen molar-refractivity contribution in [2.24, 2.45) is 7.05 Å². The summed E-state index contributed by atoms with van der Waals surface area (Å²) in [4.78, 5) is 27.3. The topological polar surface area (TPSA) is 68.6 Å². The van der Waals surface area contributed by atoms with Crippen molar-refractivity contribution >= 4 is 41.5 Å². The van der Waals surface area contributed by atoms with Crippen molar-refractivity contribution in [1.29, 1.82) is 0 Å². The molecule has 4 rings (SSSR count). The maximum atomic E-state index is 13.2. The van der Waals surface area contributed by atoms with E-state index in [1.54, 1.807) is 6.92 Å². The molecule has 0 bridgehead atoms. The molecule has 2 aromatic carbocycles. The molecule has 0 N–H and O–H groups in total. The van der Waals surface area contributed by atoms with Crippen LogP contribution < -0.4 is 15.1 Å². The van der Waals surface area contributed by atoms with Crippen molar-refractivity contribution < 1.29 is 43.7 Å². The third kappa shape index (κ3) is 8.56. The molecule has 0 aliphatic carbocycles. The van der Waals surface area contributed by atoms with Gasteiger partial charge in [0, 0.05) is 35.8 Å². The number of nitrogens with zero attached hydrogens (tertiary/aromatic N) is 3. The van der Waals surface area contributed by atoms with Crippen molar-refractivity contribution in [2.45, 2.75) is 27.3 Å². The zero-order chi connectivity index (χ0) is 30.8. The average Bonchev–Trinajstić information content (AvgIpc) is 3.13. The van der Waals surface area contributed by atoms with Crippen LogP contribution in [0.5, 0.6) is 0 Å². The molecule has 2 aromatic heterocycles. The second kappa shape index (κ2) is 10.8. The van der Waals surface area contributed by atoms with Gasteiger partial charge in [0.05, 0.1) is 7.05 Å². The van der Waals surface area contributed by atoms with Crippen molar-refractivity contribution in [1.82, 2.24) is 4.57 Å². The van der Waals surface area contributed by atoms with E-state index in [0.29, 0.717) is 29.1 Å². The number of carbonyl (C=O) groups is 1. The van der Waals surface area contributed by atoms with Gasteiger partial charge in [0.15, 0.2) is 16.6 Å². The summed E-state index contributed by atoms with van der Waals surface area (Å²) in [5.74, 6) is 0.257. The van der Waals surface area contributed by atoms with Crippen molar-refractivity contribution in [2.75, 3.05) is 24.6 Å². The number of carbonyl (C=O) groups excluding carboxylic acids is 1. The Morgan fingerprint density at radius 1 is 1.05 bits per heavy atom. The maximum absolute atomic E-state index is 13.2. The molecule has 0 aliphatic heterocycles. The van der Waals surface area contributed by atoms with Gasteiger partial charge >= 0.3 is 44.6 Å². The van der Waals surface area contributed by atoms with Crippen LogP contribution in [0.25, 0.3) is 33.4 Å². The van der Waals surface area contributed by atoms with E-state index in [2.05, 4.69) is 25.3 Å². The van der Waals surface area contributed by atoms with E-state index >= 15 is 0 Å². The molecular weight excluding hydrogens is 575 g/mol. The molecule has 0 spiro atoms. The van der Waals surface area contributed by atoms with E-state index in [0.717, 1.165) is 35.2 Å². The van der Waals surface area contributed by atoms with Crippen LogP contribution in [0.15, 0.2) is 69.9 Å². The standard InChI is InChI=1S/C27H30N3O4.F6P/c1-6-29(7-2)20-13-12-19-16-21(27(32)34-24(19)17-20)25-28(5)22-10-8-9-11-23(22)30(25)14-15-33-26(31)18(3)4;1-7(2,3,4,5)6/h8-13,16-17H,3,6-7,14-15H2,1-2,4-5H3;/q+1;-1. The number of aromatic nitrogens is 2. The van der Waals surface area contributed by atoms with Crippen LogP contribution in [0, 0.1) is 0 Å². The summed E-state index contributed by atoms with van der Waals surface area (Å²) in [6.45, 7) is 11.7. The molecule has 224 valence electrons. The first-order valence-electron chi connectivity index (χ1n) is 12.5. The van der Waals surface area contributed by atoms with Gasteiger partial charge in [-0.2, -0.15) is 0 Å². The Morgan fingerprint density at radius 3 is 2.24 bits per heavy atom. The molecule has 14 heteroatoms. The Hall–Kier alpha value is -3.86.